The third-order valence-electron chi connectivity index (χ3n) is 3.83. The molecule has 2 fully saturated rings. The van der Waals surface area contributed by atoms with E-state index in [-0.39, 0.29) is 11.3 Å². The van der Waals surface area contributed by atoms with Crippen LogP contribution in [0.5, 0.6) is 0 Å². The van der Waals surface area contributed by atoms with E-state index in [1.54, 1.807) is 11.3 Å². The molecule has 0 radical (unpaired) electrons. The van der Waals surface area contributed by atoms with E-state index < -0.39 is 10.0 Å². The summed E-state index contributed by atoms with van der Waals surface area (Å²) in [6, 6.07) is 4.44. The first-order valence-electron chi connectivity index (χ1n) is 6.89. The third-order valence-corrected chi connectivity index (χ3v) is 6.69. The average molecular weight is 300 g/mol. The van der Waals surface area contributed by atoms with Crippen LogP contribution in [0.2, 0.25) is 0 Å². The first-order valence-corrected chi connectivity index (χ1v) is 9.32. The monoisotopic (exact) mass is 300 g/mol. The van der Waals surface area contributed by atoms with Gasteiger partial charge in [0.15, 0.2) is 0 Å². The maximum Gasteiger partial charge on any atom is 0.216 e. The van der Waals surface area contributed by atoms with Crippen molar-refractivity contribution in [1.29, 1.82) is 0 Å². The van der Waals surface area contributed by atoms with Crippen LogP contribution in [0.15, 0.2) is 17.5 Å². The van der Waals surface area contributed by atoms with Crippen molar-refractivity contribution < 1.29 is 8.42 Å². The molecule has 1 saturated heterocycles. The predicted octanol–water partition coefficient (Wildman–Crippen LogP) is 1.45. The Hall–Kier alpha value is -0.430. The summed E-state index contributed by atoms with van der Waals surface area (Å²) in [5.41, 5.74) is 0. The molecule has 1 aromatic rings. The molecule has 19 heavy (non-hydrogen) atoms. The third kappa shape index (κ3) is 3.56. The summed E-state index contributed by atoms with van der Waals surface area (Å²) >= 11 is 1.77. The quantitative estimate of drug-likeness (QED) is 0.865. The molecule has 0 aromatic carbocycles. The minimum Gasteiger partial charge on any atom is -0.302 e. The highest BCUT2D eigenvalue weighted by Gasteiger charge is 2.36. The van der Waals surface area contributed by atoms with Gasteiger partial charge in [-0.05, 0) is 43.7 Å². The molecule has 1 atom stereocenters. The molecule has 1 N–H and O–H groups in total. The lowest BCUT2D eigenvalue weighted by molar-refractivity contribution is 0.344. The Labute approximate surface area is 118 Å². The Morgan fingerprint density at radius 3 is 2.89 bits per heavy atom. The predicted molar refractivity (Wildman–Crippen MR) is 77.9 cm³/mol. The van der Waals surface area contributed by atoms with Gasteiger partial charge in [0.05, 0.1) is 5.25 Å². The first-order chi connectivity index (χ1) is 9.13. The minimum atomic E-state index is -3.09. The van der Waals surface area contributed by atoms with Gasteiger partial charge < -0.3 is 4.90 Å². The van der Waals surface area contributed by atoms with Crippen molar-refractivity contribution in [3.05, 3.63) is 22.4 Å². The lowest BCUT2D eigenvalue weighted by Crippen LogP contribution is -2.37. The van der Waals surface area contributed by atoms with Gasteiger partial charge in [-0.1, -0.05) is 6.07 Å². The molecule has 0 bridgehead atoms. The molecule has 106 valence electrons. The van der Waals surface area contributed by atoms with Crippen LogP contribution in [0.25, 0.3) is 0 Å². The molecule has 3 rings (SSSR count). The molecule has 6 heteroatoms. The Morgan fingerprint density at radius 2 is 2.21 bits per heavy atom. The van der Waals surface area contributed by atoms with Crippen molar-refractivity contribution >= 4 is 21.4 Å². The molecule has 4 nitrogen and oxygen atoms in total. The van der Waals surface area contributed by atoms with Gasteiger partial charge in [-0.3, -0.25) is 0 Å². The van der Waals surface area contributed by atoms with Gasteiger partial charge in [-0.25, -0.2) is 13.1 Å². The number of hydrogen-bond donors (Lipinski definition) is 1. The zero-order valence-electron chi connectivity index (χ0n) is 10.9. The summed E-state index contributed by atoms with van der Waals surface area (Å²) in [4.78, 5) is 3.65. The molecular formula is C13H20N2O2S2. The lowest BCUT2D eigenvalue weighted by Gasteiger charge is -2.16. The molecule has 1 saturated carbocycles. The fourth-order valence-electron chi connectivity index (χ4n) is 2.51. The largest absolute Gasteiger partial charge is 0.302 e. The van der Waals surface area contributed by atoms with Crippen molar-refractivity contribution in [1.82, 2.24) is 9.62 Å². The van der Waals surface area contributed by atoms with E-state index >= 15 is 0 Å². The first kappa shape index (κ1) is 13.5. The smallest absolute Gasteiger partial charge is 0.216 e. The number of thiophene rings is 1. The van der Waals surface area contributed by atoms with Gasteiger partial charge in [-0.2, -0.15) is 0 Å². The summed E-state index contributed by atoms with van der Waals surface area (Å²) in [7, 11) is -3.09. The average Bonchev–Trinajstić information content (AvgIpc) is 2.87. The van der Waals surface area contributed by atoms with Crippen molar-refractivity contribution in [3.63, 3.8) is 0 Å². The molecule has 1 aliphatic heterocycles. The van der Waals surface area contributed by atoms with Crippen LogP contribution in [0, 0.1) is 0 Å². The summed E-state index contributed by atoms with van der Waals surface area (Å²) < 4.78 is 27.1. The van der Waals surface area contributed by atoms with Crippen molar-refractivity contribution in [2.24, 2.45) is 0 Å². The van der Waals surface area contributed by atoms with Gasteiger partial charge >= 0.3 is 0 Å². The van der Waals surface area contributed by atoms with Gasteiger partial charge in [0.25, 0.3) is 0 Å². The zero-order chi connectivity index (χ0) is 13.3. The molecular weight excluding hydrogens is 280 g/mol. The summed E-state index contributed by atoms with van der Waals surface area (Å²) in [5.74, 6) is 0. The van der Waals surface area contributed by atoms with E-state index in [2.05, 4.69) is 27.1 Å². The SMILES string of the molecule is O=S(=O)(NC1CC1)[C@@H]1CCN(CCc2cccs2)C1. The number of likely N-dealkylation sites (tertiary alicyclic amines) is 1. The minimum absolute atomic E-state index is 0.212. The second kappa shape index (κ2) is 5.52. The highest BCUT2D eigenvalue weighted by atomic mass is 32.2. The second-order valence-corrected chi connectivity index (χ2v) is 8.50. The summed E-state index contributed by atoms with van der Waals surface area (Å²) in [6.45, 7) is 2.56. The van der Waals surface area contributed by atoms with Crippen LogP contribution in [0.3, 0.4) is 0 Å². The van der Waals surface area contributed by atoms with E-state index in [0.29, 0.717) is 6.54 Å². The summed E-state index contributed by atoms with van der Waals surface area (Å²) in [6.07, 6.45) is 3.81. The fraction of sp³-hybridized carbons (Fsp3) is 0.692. The summed E-state index contributed by atoms with van der Waals surface area (Å²) in [5, 5.41) is 1.88. The molecule has 2 aliphatic rings. The van der Waals surface area contributed by atoms with Crippen LogP contribution in [-0.4, -0.2) is 44.2 Å². The zero-order valence-corrected chi connectivity index (χ0v) is 12.5. The Morgan fingerprint density at radius 1 is 1.37 bits per heavy atom. The highest BCUT2D eigenvalue weighted by Crippen LogP contribution is 2.23. The van der Waals surface area contributed by atoms with E-state index in [4.69, 9.17) is 0 Å². The lowest BCUT2D eigenvalue weighted by atomic mass is 10.3. The Bertz CT molecular complexity index is 509. The molecule has 1 aliphatic carbocycles. The van der Waals surface area contributed by atoms with E-state index in [9.17, 15) is 8.42 Å². The highest BCUT2D eigenvalue weighted by molar-refractivity contribution is 7.90. The normalized spacial score (nSPS) is 24.9. The number of hydrogen-bond acceptors (Lipinski definition) is 4. The van der Waals surface area contributed by atoms with Crippen LogP contribution in [0.4, 0.5) is 0 Å². The fourth-order valence-corrected chi connectivity index (χ4v) is 4.92. The molecule has 0 spiro atoms. The van der Waals surface area contributed by atoms with E-state index in [1.807, 2.05) is 0 Å². The Kier molecular flexibility index (Phi) is 3.93. The number of sulfonamides is 1. The maximum absolute atomic E-state index is 12.1. The second-order valence-electron chi connectivity index (χ2n) is 5.48. The van der Waals surface area contributed by atoms with Crippen LogP contribution >= 0.6 is 11.3 Å². The van der Waals surface area contributed by atoms with Gasteiger partial charge in [0.2, 0.25) is 10.0 Å². The standard InChI is InChI=1S/C13H20N2O2S2/c16-19(17,14-11-3-4-11)13-6-8-15(10-13)7-5-12-2-1-9-18-12/h1-2,9,11,13-14H,3-8,10H2/t13-/m1/s1. The van der Waals surface area contributed by atoms with Crippen LogP contribution in [0.1, 0.15) is 24.1 Å². The van der Waals surface area contributed by atoms with Gasteiger partial charge in [-0.15, -0.1) is 11.3 Å². The Balaban J connectivity index is 1.49. The molecule has 1 aromatic heterocycles. The number of nitrogens with one attached hydrogen (secondary N) is 1. The van der Waals surface area contributed by atoms with Crippen molar-refractivity contribution in [2.75, 3.05) is 19.6 Å². The topological polar surface area (TPSA) is 49.4 Å². The van der Waals surface area contributed by atoms with E-state index in [0.717, 1.165) is 38.8 Å². The number of rotatable bonds is 6. The van der Waals surface area contributed by atoms with E-state index in [1.165, 1.54) is 4.88 Å². The molecule has 2 heterocycles. The van der Waals surface area contributed by atoms with Crippen molar-refractivity contribution in [3.8, 4) is 0 Å². The van der Waals surface area contributed by atoms with Gasteiger partial charge in [0.1, 0.15) is 0 Å². The van der Waals surface area contributed by atoms with Crippen molar-refractivity contribution in [2.45, 2.75) is 37.0 Å². The number of nitrogens with zero attached hydrogens (tertiary/aromatic N) is 1. The maximum atomic E-state index is 12.1. The molecule has 0 unspecified atom stereocenters. The van der Waals surface area contributed by atoms with Crippen LogP contribution in [-0.2, 0) is 16.4 Å². The van der Waals surface area contributed by atoms with Gasteiger partial charge in [0, 0.05) is 24.0 Å². The van der Waals surface area contributed by atoms with Crippen LogP contribution < -0.4 is 4.72 Å². The molecule has 0 amide bonds.